The number of carbonyl (C=O) groups excluding carboxylic acids is 2. The van der Waals surface area contributed by atoms with Crippen molar-refractivity contribution >= 4 is 17.8 Å². The van der Waals surface area contributed by atoms with E-state index in [2.05, 4.69) is 5.32 Å². The minimum atomic E-state index is -1.29. The summed E-state index contributed by atoms with van der Waals surface area (Å²) < 4.78 is 0. The van der Waals surface area contributed by atoms with Crippen molar-refractivity contribution in [3.8, 4) is 0 Å². The maximum absolute atomic E-state index is 12.0. The van der Waals surface area contributed by atoms with Gasteiger partial charge in [0, 0.05) is 19.0 Å². The number of aliphatic carboxylic acids is 1. The zero-order chi connectivity index (χ0) is 15.3. The minimum Gasteiger partial charge on any atom is -0.480 e. The molecule has 0 radical (unpaired) electrons. The van der Waals surface area contributed by atoms with Crippen molar-refractivity contribution in [2.45, 2.75) is 32.7 Å². The molecule has 0 bridgehead atoms. The molecule has 0 aromatic rings. The standard InChI is InChI=1S/C13H22N2O5/c1-8(2)12(18)15-5-3-4-9(6-15)11(17)14-10(7-16)13(19)20/h8-10,16H,3-7H2,1-2H3,(H,14,17)(H,19,20)/t9?,10-/m0/s1. The van der Waals surface area contributed by atoms with Gasteiger partial charge in [-0.3, -0.25) is 9.59 Å². The zero-order valence-corrected chi connectivity index (χ0v) is 11.8. The third-order valence-electron chi connectivity index (χ3n) is 3.39. The van der Waals surface area contributed by atoms with Gasteiger partial charge in [-0.05, 0) is 12.8 Å². The molecule has 2 atom stereocenters. The zero-order valence-electron chi connectivity index (χ0n) is 11.8. The number of hydrogen-bond acceptors (Lipinski definition) is 4. The van der Waals surface area contributed by atoms with Crippen molar-refractivity contribution in [2.75, 3.05) is 19.7 Å². The molecule has 3 N–H and O–H groups in total. The van der Waals surface area contributed by atoms with Crippen LogP contribution in [0.25, 0.3) is 0 Å². The van der Waals surface area contributed by atoms with Gasteiger partial charge in [-0.2, -0.15) is 0 Å². The minimum absolute atomic E-state index is 0.000516. The third kappa shape index (κ3) is 4.19. The van der Waals surface area contributed by atoms with Gasteiger partial charge in [-0.1, -0.05) is 13.8 Å². The van der Waals surface area contributed by atoms with Crippen molar-refractivity contribution < 1.29 is 24.6 Å². The van der Waals surface area contributed by atoms with Gasteiger partial charge >= 0.3 is 5.97 Å². The number of amides is 2. The third-order valence-corrected chi connectivity index (χ3v) is 3.39. The molecular formula is C13H22N2O5. The lowest BCUT2D eigenvalue weighted by Gasteiger charge is -2.33. The quantitative estimate of drug-likeness (QED) is 0.628. The highest BCUT2D eigenvalue weighted by atomic mass is 16.4. The predicted octanol–water partition coefficient (Wildman–Crippen LogP) is -0.557. The normalized spacial score (nSPS) is 20.6. The van der Waals surface area contributed by atoms with E-state index >= 15 is 0 Å². The summed E-state index contributed by atoms with van der Waals surface area (Å²) in [4.78, 5) is 36.3. The second-order valence-electron chi connectivity index (χ2n) is 5.36. The second kappa shape index (κ2) is 7.23. The van der Waals surface area contributed by atoms with E-state index < -0.39 is 30.4 Å². The summed E-state index contributed by atoms with van der Waals surface area (Å²) in [6.45, 7) is 3.89. The first kappa shape index (κ1) is 16.4. The van der Waals surface area contributed by atoms with Crippen LogP contribution in [-0.2, 0) is 14.4 Å². The molecule has 0 aromatic carbocycles. The van der Waals surface area contributed by atoms with E-state index in [4.69, 9.17) is 10.2 Å². The van der Waals surface area contributed by atoms with Gasteiger partial charge in [0.1, 0.15) is 6.04 Å². The summed E-state index contributed by atoms with van der Waals surface area (Å²) in [5.41, 5.74) is 0. The van der Waals surface area contributed by atoms with Crippen LogP contribution in [0.5, 0.6) is 0 Å². The first-order chi connectivity index (χ1) is 9.36. The van der Waals surface area contributed by atoms with Crippen LogP contribution in [0.2, 0.25) is 0 Å². The summed E-state index contributed by atoms with van der Waals surface area (Å²) in [6.07, 6.45) is 1.33. The van der Waals surface area contributed by atoms with Gasteiger partial charge in [0.2, 0.25) is 11.8 Å². The Balaban J connectivity index is 2.60. The molecular weight excluding hydrogens is 264 g/mol. The lowest BCUT2D eigenvalue weighted by molar-refractivity contribution is -0.145. The Kier molecular flexibility index (Phi) is 5.94. The van der Waals surface area contributed by atoms with Crippen molar-refractivity contribution in [1.82, 2.24) is 10.2 Å². The molecule has 1 aliphatic heterocycles. The molecule has 7 heteroatoms. The molecule has 0 aromatic heterocycles. The molecule has 0 saturated carbocycles. The maximum Gasteiger partial charge on any atom is 0.328 e. The van der Waals surface area contributed by atoms with E-state index in [0.717, 1.165) is 0 Å². The van der Waals surface area contributed by atoms with Gasteiger partial charge in [0.25, 0.3) is 0 Å². The predicted molar refractivity (Wildman–Crippen MR) is 70.8 cm³/mol. The largest absolute Gasteiger partial charge is 0.480 e. The average molecular weight is 286 g/mol. The number of piperidine rings is 1. The van der Waals surface area contributed by atoms with E-state index in [9.17, 15) is 14.4 Å². The molecule has 114 valence electrons. The van der Waals surface area contributed by atoms with Gasteiger partial charge in [-0.15, -0.1) is 0 Å². The number of hydrogen-bond donors (Lipinski definition) is 3. The second-order valence-corrected chi connectivity index (χ2v) is 5.36. The number of rotatable bonds is 5. The van der Waals surface area contributed by atoms with E-state index in [-0.39, 0.29) is 11.8 Å². The van der Waals surface area contributed by atoms with Crippen LogP contribution in [0.1, 0.15) is 26.7 Å². The molecule has 1 unspecified atom stereocenters. The van der Waals surface area contributed by atoms with E-state index in [1.165, 1.54) is 0 Å². The van der Waals surface area contributed by atoms with Crippen LogP contribution in [0.4, 0.5) is 0 Å². The Hall–Kier alpha value is -1.63. The molecule has 0 spiro atoms. The lowest BCUT2D eigenvalue weighted by atomic mass is 9.96. The number of carboxylic acids is 1. The SMILES string of the molecule is CC(C)C(=O)N1CCCC(C(=O)N[C@@H](CO)C(=O)O)C1. The molecule has 1 rings (SSSR count). The maximum atomic E-state index is 12.0. The summed E-state index contributed by atoms with van der Waals surface area (Å²) >= 11 is 0. The van der Waals surface area contributed by atoms with Crippen LogP contribution in [-0.4, -0.2) is 58.6 Å². The Morgan fingerprint density at radius 1 is 1.35 bits per heavy atom. The highest BCUT2D eigenvalue weighted by molar-refractivity contribution is 5.86. The highest BCUT2D eigenvalue weighted by Gasteiger charge is 2.31. The fraction of sp³-hybridized carbons (Fsp3) is 0.769. The summed E-state index contributed by atoms with van der Waals surface area (Å²) in [5.74, 6) is -2.24. The fourth-order valence-corrected chi connectivity index (χ4v) is 2.23. The first-order valence-corrected chi connectivity index (χ1v) is 6.79. The van der Waals surface area contributed by atoms with Crippen LogP contribution in [0.3, 0.4) is 0 Å². The van der Waals surface area contributed by atoms with Crippen LogP contribution >= 0.6 is 0 Å². The van der Waals surface area contributed by atoms with Crippen molar-refractivity contribution in [1.29, 1.82) is 0 Å². The Morgan fingerprint density at radius 2 is 2.00 bits per heavy atom. The van der Waals surface area contributed by atoms with Crippen molar-refractivity contribution in [2.24, 2.45) is 11.8 Å². The molecule has 1 saturated heterocycles. The average Bonchev–Trinajstić information content (AvgIpc) is 2.43. The molecule has 0 aliphatic carbocycles. The van der Waals surface area contributed by atoms with Gasteiger partial charge in [0.15, 0.2) is 0 Å². The number of aliphatic hydroxyl groups is 1. The number of nitrogens with one attached hydrogen (secondary N) is 1. The Bertz CT molecular complexity index is 383. The lowest BCUT2D eigenvalue weighted by Crippen LogP contribution is -2.51. The fourth-order valence-electron chi connectivity index (χ4n) is 2.23. The Labute approximate surface area is 117 Å². The van der Waals surface area contributed by atoms with E-state index in [1.54, 1.807) is 18.7 Å². The number of likely N-dealkylation sites (tertiary alicyclic amines) is 1. The monoisotopic (exact) mass is 286 g/mol. The van der Waals surface area contributed by atoms with E-state index in [0.29, 0.717) is 25.9 Å². The summed E-state index contributed by atoms with van der Waals surface area (Å²) in [7, 11) is 0. The van der Waals surface area contributed by atoms with Crippen molar-refractivity contribution in [3.05, 3.63) is 0 Å². The van der Waals surface area contributed by atoms with Gasteiger partial charge in [-0.25, -0.2) is 4.79 Å². The number of carboxylic acid groups (broad SMARTS) is 1. The molecule has 1 fully saturated rings. The summed E-state index contributed by atoms with van der Waals surface area (Å²) in [6, 6.07) is -1.29. The number of carbonyl (C=O) groups is 3. The topological polar surface area (TPSA) is 107 Å². The van der Waals surface area contributed by atoms with E-state index in [1.807, 2.05) is 0 Å². The molecule has 1 heterocycles. The summed E-state index contributed by atoms with van der Waals surface area (Å²) in [5, 5.41) is 20.0. The van der Waals surface area contributed by atoms with Gasteiger partial charge in [0.05, 0.1) is 12.5 Å². The Morgan fingerprint density at radius 3 is 2.50 bits per heavy atom. The highest BCUT2D eigenvalue weighted by Crippen LogP contribution is 2.18. The first-order valence-electron chi connectivity index (χ1n) is 6.79. The molecule has 20 heavy (non-hydrogen) atoms. The number of aliphatic hydroxyl groups excluding tert-OH is 1. The van der Waals surface area contributed by atoms with Crippen LogP contribution in [0, 0.1) is 11.8 Å². The molecule has 2 amide bonds. The van der Waals surface area contributed by atoms with Crippen molar-refractivity contribution in [3.63, 3.8) is 0 Å². The van der Waals surface area contributed by atoms with Crippen LogP contribution < -0.4 is 5.32 Å². The molecule has 7 nitrogen and oxygen atoms in total. The number of nitrogens with zero attached hydrogens (tertiary/aromatic N) is 1. The molecule has 1 aliphatic rings. The van der Waals surface area contributed by atoms with Crippen LogP contribution in [0.15, 0.2) is 0 Å². The van der Waals surface area contributed by atoms with Gasteiger partial charge < -0.3 is 20.4 Å². The smallest absolute Gasteiger partial charge is 0.328 e.